The molecule has 298 valence electrons. The number of amides is 1. The van der Waals surface area contributed by atoms with Gasteiger partial charge in [-0.25, -0.2) is 14.6 Å². The van der Waals surface area contributed by atoms with Gasteiger partial charge in [-0.1, -0.05) is 104 Å². The van der Waals surface area contributed by atoms with Crippen LogP contribution in [0.25, 0.3) is 22.3 Å². The summed E-state index contributed by atoms with van der Waals surface area (Å²) in [6, 6.07) is 7.36. The summed E-state index contributed by atoms with van der Waals surface area (Å²) >= 11 is 0. The Morgan fingerprint density at radius 3 is 2.18 bits per heavy atom. The van der Waals surface area contributed by atoms with Gasteiger partial charge in [-0.3, -0.25) is 14.4 Å². The van der Waals surface area contributed by atoms with Gasteiger partial charge in [0.25, 0.3) is 5.56 Å². The summed E-state index contributed by atoms with van der Waals surface area (Å²) in [6.45, 7) is 3.88. The highest BCUT2D eigenvalue weighted by Crippen LogP contribution is 2.41. The van der Waals surface area contributed by atoms with E-state index in [1.165, 1.54) is 70.3 Å². The molecule has 5 rings (SSSR count). The van der Waals surface area contributed by atoms with E-state index in [4.69, 9.17) is 14.5 Å². The number of aromatic nitrogens is 2. The van der Waals surface area contributed by atoms with Gasteiger partial charge in [-0.2, -0.15) is 0 Å². The second-order valence-electron chi connectivity index (χ2n) is 15.1. The fourth-order valence-electron chi connectivity index (χ4n) is 7.84. The van der Waals surface area contributed by atoms with Crippen LogP contribution in [0.4, 0.5) is 0 Å². The average Bonchev–Trinajstić information content (AvgIpc) is 3.52. The van der Waals surface area contributed by atoms with Crippen molar-refractivity contribution in [1.29, 1.82) is 0 Å². The molecule has 0 aliphatic carbocycles. The second-order valence-corrected chi connectivity index (χ2v) is 15.1. The van der Waals surface area contributed by atoms with Crippen LogP contribution in [-0.2, 0) is 47.4 Å². The van der Waals surface area contributed by atoms with E-state index in [9.17, 15) is 34.2 Å². The minimum atomic E-state index is -1.87. The van der Waals surface area contributed by atoms with E-state index in [0.717, 1.165) is 30.2 Å². The van der Waals surface area contributed by atoms with Gasteiger partial charge < -0.3 is 29.6 Å². The number of carbonyl (C=O) groups is 4. The normalized spacial score (nSPS) is 16.2. The highest BCUT2D eigenvalue weighted by Gasteiger charge is 2.50. The van der Waals surface area contributed by atoms with Crippen LogP contribution in [0.1, 0.15) is 153 Å². The maximum absolute atomic E-state index is 13.8. The van der Waals surface area contributed by atoms with Crippen molar-refractivity contribution < 1.29 is 38.9 Å². The van der Waals surface area contributed by atoms with Crippen molar-refractivity contribution >= 4 is 34.7 Å². The fraction of sp³-hybridized carbons (Fsp3) is 0.581. The van der Waals surface area contributed by atoms with Crippen LogP contribution in [-0.4, -0.2) is 49.6 Å². The Balaban J connectivity index is 1.08. The van der Waals surface area contributed by atoms with Crippen molar-refractivity contribution in [1.82, 2.24) is 14.9 Å². The van der Waals surface area contributed by atoms with Crippen molar-refractivity contribution in [3.05, 3.63) is 57.4 Å². The number of rotatable bonds is 23. The number of phenolic OH excluding ortho intramolecular Hbond substituents is 1. The number of carboxylic acids is 1. The van der Waals surface area contributed by atoms with Crippen LogP contribution in [0.15, 0.2) is 35.1 Å². The number of benzene rings is 1. The second kappa shape index (κ2) is 19.7. The molecule has 1 aromatic carbocycles. The van der Waals surface area contributed by atoms with Crippen LogP contribution in [0, 0.1) is 0 Å². The van der Waals surface area contributed by atoms with Gasteiger partial charge in [0.05, 0.1) is 29.0 Å². The molecule has 1 unspecified atom stereocenters. The lowest BCUT2D eigenvalue weighted by molar-refractivity contribution is -0.189. The van der Waals surface area contributed by atoms with Crippen LogP contribution in [0.3, 0.4) is 0 Å². The average molecular weight is 760 g/mol. The zero-order valence-electron chi connectivity index (χ0n) is 32.5. The molecule has 0 radical (unpaired) electrons. The fourth-order valence-corrected chi connectivity index (χ4v) is 7.84. The number of ether oxygens (including phenoxy) is 2. The van der Waals surface area contributed by atoms with E-state index in [1.54, 1.807) is 29.7 Å². The molecular weight excluding hydrogens is 702 g/mol. The Morgan fingerprint density at radius 1 is 0.891 bits per heavy atom. The summed E-state index contributed by atoms with van der Waals surface area (Å²) in [4.78, 5) is 69.7. The Kier molecular flexibility index (Phi) is 14.9. The molecule has 1 amide bonds. The molecule has 2 aliphatic rings. The van der Waals surface area contributed by atoms with Crippen LogP contribution < -0.4 is 10.9 Å². The van der Waals surface area contributed by atoms with Gasteiger partial charge in [0, 0.05) is 29.4 Å². The molecule has 0 saturated heterocycles. The lowest BCUT2D eigenvalue weighted by atomic mass is 9.85. The molecule has 12 nitrogen and oxygen atoms in total. The smallest absolute Gasteiger partial charge is 0.355 e. The van der Waals surface area contributed by atoms with E-state index in [1.807, 2.05) is 6.07 Å². The van der Waals surface area contributed by atoms with Gasteiger partial charge in [0.15, 0.2) is 0 Å². The summed E-state index contributed by atoms with van der Waals surface area (Å²) in [5.41, 5.74) is 0.655. The van der Waals surface area contributed by atoms with Gasteiger partial charge in [0.2, 0.25) is 11.5 Å². The number of aliphatic carboxylic acids is 1. The first-order valence-electron chi connectivity index (χ1n) is 20.4. The third kappa shape index (κ3) is 10.3. The summed E-state index contributed by atoms with van der Waals surface area (Å²) < 4.78 is 12.8. The zero-order chi connectivity index (χ0) is 39.4. The standard InChI is InChI=1S/C43H57N3O9/c1-3-5-6-7-8-9-10-11-12-13-14-15-16-17-19-35(41(51)52)44-37(48)20-18-21-38(49)55-43(4-2)33-26-36-39-30(24-29-25-31(47)22-23-34(29)45-39)27-46(36)40(50)32(33)28-54-42(43)53/h22-26,35,47H,3-21,27-28H2,1-2H3,(H,44,48)(H,51,52)/t35?,43-/m0/s1. The minimum Gasteiger partial charge on any atom is -0.508 e. The number of aromatic hydroxyl groups is 1. The maximum Gasteiger partial charge on any atom is 0.355 e. The SMILES string of the molecule is CCCCCCCCCCCCCCCCC(NC(=O)CCCC(=O)O[C@]1(CC)C(=O)OCc2c1cc1n(c2=O)Cc2cc3cc(O)ccc3nc2-1)C(=O)O. The van der Waals surface area contributed by atoms with E-state index in [2.05, 4.69) is 12.2 Å². The molecule has 0 fully saturated rings. The number of hydrogen-bond donors (Lipinski definition) is 3. The van der Waals surface area contributed by atoms with Crippen molar-refractivity contribution in [2.45, 2.75) is 161 Å². The summed E-state index contributed by atoms with van der Waals surface area (Å²) in [5.74, 6) is -3.00. The zero-order valence-corrected chi connectivity index (χ0v) is 32.5. The summed E-state index contributed by atoms with van der Waals surface area (Å²) in [7, 11) is 0. The lowest BCUT2D eigenvalue weighted by Gasteiger charge is -2.35. The van der Waals surface area contributed by atoms with Crippen molar-refractivity contribution in [2.75, 3.05) is 0 Å². The Morgan fingerprint density at radius 2 is 1.55 bits per heavy atom. The molecule has 2 aliphatic heterocycles. The number of nitrogens with one attached hydrogen (secondary N) is 1. The largest absolute Gasteiger partial charge is 0.508 e. The Hall–Kier alpha value is -4.74. The molecule has 4 heterocycles. The number of fused-ring (bicyclic) bond motifs is 5. The number of cyclic esters (lactones) is 1. The predicted octanol–water partition coefficient (Wildman–Crippen LogP) is 7.95. The molecule has 0 saturated carbocycles. The highest BCUT2D eigenvalue weighted by molar-refractivity contribution is 5.89. The predicted molar refractivity (Wildman–Crippen MR) is 208 cm³/mol. The number of nitrogens with zero attached hydrogens (tertiary/aromatic N) is 2. The Labute approximate surface area is 323 Å². The number of carboxylic acid groups (broad SMARTS) is 1. The molecular formula is C43H57N3O9. The number of esters is 2. The molecule has 0 spiro atoms. The summed E-state index contributed by atoms with van der Waals surface area (Å²) in [5, 5.41) is 22.9. The van der Waals surface area contributed by atoms with Crippen molar-refractivity contribution in [3.63, 3.8) is 0 Å². The maximum atomic E-state index is 13.8. The van der Waals surface area contributed by atoms with Crippen LogP contribution in [0.5, 0.6) is 5.75 Å². The van der Waals surface area contributed by atoms with Crippen molar-refractivity contribution in [3.8, 4) is 17.1 Å². The molecule has 0 bridgehead atoms. The number of hydrogen-bond acceptors (Lipinski definition) is 9. The van der Waals surface area contributed by atoms with Gasteiger partial charge in [-0.05, 0) is 49.6 Å². The minimum absolute atomic E-state index is 0.00474. The molecule has 12 heteroatoms. The topological polar surface area (TPSA) is 174 Å². The monoisotopic (exact) mass is 759 g/mol. The van der Waals surface area contributed by atoms with E-state index in [0.29, 0.717) is 29.7 Å². The first-order chi connectivity index (χ1) is 26.6. The lowest BCUT2D eigenvalue weighted by Crippen LogP contribution is -2.47. The molecule has 2 aromatic heterocycles. The third-order valence-corrected chi connectivity index (χ3v) is 11.0. The Bertz CT molecular complexity index is 1900. The number of pyridine rings is 2. The summed E-state index contributed by atoms with van der Waals surface area (Å²) in [6.07, 6.45) is 16.9. The quantitative estimate of drug-likeness (QED) is 0.0497. The molecule has 3 N–H and O–H groups in total. The highest BCUT2D eigenvalue weighted by atomic mass is 16.6. The van der Waals surface area contributed by atoms with E-state index < -0.39 is 35.5 Å². The van der Waals surface area contributed by atoms with Gasteiger partial charge in [-0.15, -0.1) is 0 Å². The molecule has 55 heavy (non-hydrogen) atoms. The molecule has 3 aromatic rings. The van der Waals surface area contributed by atoms with E-state index >= 15 is 0 Å². The number of unbranched alkanes of at least 4 members (excludes halogenated alkanes) is 13. The first kappa shape index (κ1) is 41.4. The van der Waals surface area contributed by atoms with Gasteiger partial charge >= 0.3 is 17.9 Å². The number of phenols is 1. The molecule has 2 atom stereocenters. The van der Waals surface area contributed by atoms with Crippen LogP contribution >= 0.6 is 0 Å². The van der Waals surface area contributed by atoms with E-state index in [-0.39, 0.29) is 61.3 Å². The first-order valence-corrected chi connectivity index (χ1v) is 20.4. The number of carbonyl (C=O) groups excluding carboxylic acids is 3. The van der Waals surface area contributed by atoms with Crippen molar-refractivity contribution in [2.24, 2.45) is 0 Å². The van der Waals surface area contributed by atoms with Crippen LogP contribution in [0.2, 0.25) is 0 Å². The third-order valence-electron chi connectivity index (χ3n) is 11.0. The van der Waals surface area contributed by atoms with Gasteiger partial charge in [0.1, 0.15) is 18.4 Å².